The van der Waals surface area contributed by atoms with Crippen molar-refractivity contribution in [3.63, 3.8) is 0 Å². The number of sulfone groups is 1. The summed E-state index contributed by atoms with van der Waals surface area (Å²) < 4.78 is 28.7. The van der Waals surface area contributed by atoms with Crippen molar-refractivity contribution in [1.82, 2.24) is 4.90 Å². The highest BCUT2D eigenvalue weighted by atomic mass is 32.2. The molecule has 0 bridgehead atoms. The Bertz CT molecular complexity index is 919. The number of carbonyl (C=O) groups is 1. The molecule has 6 nitrogen and oxygen atoms in total. The Hall–Kier alpha value is -2.54. The number of hydrogen-bond acceptors (Lipinski definition) is 5. The van der Waals surface area contributed by atoms with Crippen LogP contribution in [0.5, 0.6) is 5.75 Å². The van der Waals surface area contributed by atoms with Crippen LogP contribution in [-0.2, 0) is 14.6 Å². The molecule has 3 rings (SSSR count). The molecule has 27 heavy (non-hydrogen) atoms. The summed E-state index contributed by atoms with van der Waals surface area (Å²) in [5.41, 5.74) is 2.40. The van der Waals surface area contributed by atoms with Crippen molar-refractivity contribution >= 4 is 21.4 Å². The lowest BCUT2D eigenvalue weighted by molar-refractivity contribution is -0.133. The minimum atomic E-state index is -3.30. The highest BCUT2D eigenvalue weighted by Gasteiger charge is 2.21. The van der Waals surface area contributed by atoms with Gasteiger partial charge in [-0.05, 0) is 42.8 Å². The van der Waals surface area contributed by atoms with Gasteiger partial charge in [0.25, 0.3) is 5.91 Å². The maximum Gasteiger partial charge on any atom is 0.260 e. The van der Waals surface area contributed by atoms with Gasteiger partial charge in [-0.1, -0.05) is 18.2 Å². The minimum absolute atomic E-state index is 0.0938. The third-order valence-electron chi connectivity index (χ3n) is 4.60. The second-order valence-corrected chi connectivity index (χ2v) is 8.76. The Kier molecular flexibility index (Phi) is 5.70. The summed E-state index contributed by atoms with van der Waals surface area (Å²) in [5, 5.41) is 0. The fourth-order valence-electron chi connectivity index (χ4n) is 3.07. The molecule has 0 atom stereocenters. The van der Waals surface area contributed by atoms with E-state index in [4.69, 9.17) is 4.74 Å². The number of nitrogens with zero attached hydrogens (tertiary/aromatic N) is 2. The van der Waals surface area contributed by atoms with Gasteiger partial charge in [0.1, 0.15) is 5.75 Å². The van der Waals surface area contributed by atoms with Crippen LogP contribution in [-0.4, -0.2) is 58.3 Å². The molecular formula is C20H24N2O4S. The zero-order valence-electron chi connectivity index (χ0n) is 15.6. The summed E-state index contributed by atoms with van der Waals surface area (Å²) >= 11 is 0. The maximum absolute atomic E-state index is 12.4. The first kappa shape index (κ1) is 19.2. The number of carbonyl (C=O) groups excluding carboxylic acids is 1. The van der Waals surface area contributed by atoms with E-state index in [1.54, 1.807) is 17.0 Å². The van der Waals surface area contributed by atoms with Crippen molar-refractivity contribution in [3.05, 3.63) is 54.1 Å². The molecular weight excluding hydrogens is 364 g/mol. The molecule has 1 aliphatic heterocycles. The molecule has 0 spiro atoms. The normalized spacial score (nSPS) is 14.9. The summed E-state index contributed by atoms with van der Waals surface area (Å²) in [4.78, 5) is 16.7. The van der Waals surface area contributed by atoms with Crippen LogP contribution in [0.1, 0.15) is 5.56 Å². The van der Waals surface area contributed by atoms with Crippen LogP contribution in [0.2, 0.25) is 0 Å². The summed E-state index contributed by atoms with van der Waals surface area (Å²) in [6.07, 6.45) is 1.14. The van der Waals surface area contributed by atoms with E-state index in [9.17, 15) is 13.2 Å². The van der Waals surface area contributed by atoms with Crippen LogP contribution < -0.4 is 9.64 Å². The molecule has 0 radical (unpaired) electrons. The Morgan fingerprint density at radius 1 is 1.04 bits per heavy atom. The van der Waals surface area contributed by atoms with Crippen molar-refractivity contribution in [2.75, 3.05) is 43.9 Å². The second-order valence-electron chi connectivity index (χ2n) is 6.74. The number of aryl methyl sites for hydroxylation is 1. The molecule has 1 heterocycles. The molecule has 0 N–H and O–H groups in total. The van der Waals surface area contributed by atoms with Crippen molar-refractivity contribution in [3.8, 4) is 5.75 Å². The van der Waals surface area contributed by atoms with Crippen LogP contribution in [0.4, 0.5) is 5.69 Å². The molecule has 0 unspecified atom stereocenters. The van der Waals surface area contributed by atoms with E-state index in [-0.39, 0.29) is 17.4 Å². The van der Waals surface area contributed by atoms with Crippen molar-refractivity contribution < 1.29 is 17.9 Å². The number of hydrogen-bond donors (Lipinski definition) is 0. The lowest BCUT2D eigenvalue weighted by atomic mass is 10.2. The molecule has 1 saturated heterocycles. The largest absolute Gasteiger partial charge is 0.484 e. The van der Waals surface area contributed by atoms with Gasteiger partial charge in [0.2, 0.25) is 0 Å². The molecule has 2 aromatic rings. The first-order chi connectivity index (χ1) is 12.8. The van der Waals surface area contributed by atoms with E-state index >= 15 is 0 Å². The summed E-state index contributed by atoms with van der Waals surface area (Å²) in [6.45, 7) is 4.80. The first-order valence-electron chi connectivity index (χ1n) is 8.85. The molecule has 144 valence electrons. The Morgan fingerprint density at radius 2 is 1.74 bits per heavy atom. The quantitative estimate of drug-likeness (QED) is 0.785. The number of benzene rings is 2. The van der Waals surface area contributed by atoms with Crippen molar-refractivity contribution in [1.29, 1.82) is 0 Å². The molecule has 7 heteroatoms. The maximum atomic E-state index is 12.4. The summed E-state index contributed by atoms with van der Waals surface area (Å²) in [5.74, 6) is 0.285. The van der Waals surface area contributed by atoms with Gasteiger partial charge in [0, 0.05) is 38.1 Å². The third kappa shape index (κ3) is 5.01. The van der Waals surface area contributed by atoms with Gasteiger partial charge in [0.05, 0.1) is 4.90 Å². The molecule has 2 aromatic carbocycles. The Morgan fingerprint density at radius 3 is 2.41 bits per heavy atom. The number of piperazine rings is 1. The predicted molar refractivity (Wildman–Crippen MR) is 105 cm³/mol. The number of rotatable bonds is 5. The smallest absolute Gasteiger partial charge is 0.260 e. The average molecular weight is 388 g/mol. The first-order valence-corrected chi connectivity index (χ1v) is 10.7. The van der Waals surface area contributed by atoms with Crippen LogP contribution >= 0.6 is 0 Å². The molecule has 1 fully saturated rings. The average Bonchev–Trinajstić information content (AvgIpc) is 2.66. The number of ether oxygens (including phenoxy) is 1. The van der Waals surface area contributed by atoms with E-state index in [1.807, 2.05) is 6.07 Å². The van der Waals surface area contributed by atoms with Crippen LogP contribution in [0.15, 0.2) is 53.4 Å². The van der Waals surface area contributed by atoms with Gasteiger partial charge in [-0.25, -0.2) is 8.42 Å². The predicted octanol–water partition coefficient (Wildman–Crippen LogP) is 2.13. The standard InChI is InChI=1S/C20H24N2O4S/c1-16-5-3-6-17(13-16)21-9-11-22(12-10-21)20(23)15-26-18-7-4-8-19(14-18)27(2,24)25/h3-8,13-14H,9-12,15H2,1-2H3. The molecule has 1 amide bonds. The van der Waals surface area contributed by atoms with Gasteiger partial charge in [-0.2, -0.15) is 0 Å². The topological polar surface area (TPSA) is 66.9 Å². The summed E-state index contributed by atoms with van der Waals surface area (Å²) in [6, 6.07) is 14.6. The van der Waals surface area contributed by atoms with E-state index in [0.29, 0.717) is 18.8 Å². The van der Waals surface area contributed by atoms with Crippen molar-refractivity contribution in [2.45, 2.75) is 11.8 Å². The minimum Gasteiger partial charge on any atom is -0.484 e. The SMILES string of the molecule is Cc1cccc(N2CCN(C(=O)COc3cccc(S(C)(=O)=O)c3)CC2)c1. The van der Waals surface area contributed by atoms with Crippen LogP contribution in [0.3, 0.4) is 0 Å². The molecule has 0 saturated carbocycles. The zero-order chi connectivity index (χ0) is 19.4. The highest BCUT2D eigenvalue weighted by Crippen LogP contribution is 2.19. The van der Waals surface area contributed by atoms with E-state index < -0.39 is 9.84 Å². The fraction of sp³-hybridized carbons (Fsp3) is 0.350. The van der Waals surface area contributed by atoms with Gasteiger partial charge < -0.3 is 14.5 Å². The number of anilines is 1. The Balaban J connectivity index is 1.53. The van der Waals surface area contributed by atoms with E-state index in [1.165, 1.54) is 23.4 Å². The molecule has 1 aliphatic rings. The molecule has 0 aliphatic carbocycles. The summed E-state index contributed by atoms with van der Waals surface area (Å²) in [7, 11) is -3.30. The monoisotopic (exact) mass is 388 g/mol. The second kappa shape index (κ2) is 8.00. The van der Waals surface area contributed by atoms with Crippen LogP contribution in [0, 0.1) is 6.92 Å². The Labute approximate surface area is 160 Å². The van der Waals surface area contributed by atoms with E-state index in [0.717, 1.165) is 19.3 Å². The lowest BCUT2D eigenvalue weighted by Crippen LogP contribution is -2.50. The van der Waals surface area contributed by atoms with E-state index in [2.05, 4.69) is 30.0 Å². The lowest BCUT2D eigenvalue weighted by Gasteiger charge is -2.36. The van der Waals surface area contributed by atoms with Crippen molar-refractivity contribution in [2.24, 2.45) is 0 Å². The molecule has 0 aromatic heterocycles. The third-order valence-corrected chi connectivity index (χ3v) is 5.71. The number of amides is 1. The van der Waals surface area contributed by atoms with Gasteiger partial charge in [-0.15, -0.1) is 0 Å². The fourth-order valence-corrected chi connectivity index (χ4v) is 3.73. The highest BCUT2D eigenvalue weighted by molar-refractivity contribution is 7.90. The zero-order valence-corrected chi connectivity index (χ0v) is 16.4. The van der Waals surface area contributed by atoms with Gasteiger partial charge >= 0.3 is 0 Å². The van der Waals surface area contributed by atoms with Crippen LogP contribution in [0.25, 0.3) is 0 Å². The van der Waals surface area contributed by atoms with Gasteiger partial charge in [-0.3, -0.25) is 4.79 Å². The van der Waals surface area contributed by atoms with Gasteiger partial charge in [0.15, 0.2) is 16.4 Å².